The number of carbonyl (C=O) groups excluding carboxylic acids is 3. The summed E-state index contributed by atoms with van der Waals surface area (Å²) in [5.41, 5.74) is 0. The van der Waals surface area contributed by atoms with Gasteiger partial charge in [-0.05, 0) is 44.9 Å². The van der Waals surface area contributed by atoms with Crippen LogP contribution in [0.3, 0.4) is 0 Å². The number of carbonyl (C=O) groups is 3. The van der Waals surface area contributed by atoms with Gasteiger partial charge >= 0.3 is 17.9 Å². The molecule has 1 atom stereocenters. The van der Waals surface area contributed by atoms with Gasteiger partial charge in [-0.1, -0.05) is 236 Å². The van der Waals surface area contributed by atoms with Crippen LogP contribution in [-0.4, -0.2) is 37.2 Å². The first-order valence-corrected chi connectivity index (χ1v) is 25.1. The Hall–Kier alpha value is -2.63. The molecule has 0 spiro atoms. The Balaban J connectivity index is 4.39. The zero-order chi connectivity index (χ0) is 43.0. The van der Waals surface area contributed by atoms with Gasteiger partial charge in [-0.2, -0.15) is 0 Å². The van der Waals surface area contributed by atoms with Crippen LogP contribution in [0, 0.1) is 0 Å². The quantitative estimate of drug-likeness (QED) is 0.0263. The lowest BCUT2D eigenvalue weighted by Crippen LogP contribution is -2.30. The predicted octanol–water partition coefficient (Wildman–Crippen LogP) is 16.3. The van der Waals surface area contributed by atoms with Crippen molar-refractivity contribution in [3.63, 3.8) is 0 Å². The van der Waals surface area contributed by atoms with Crippen molar-refractivity contribution >= 4 is 17.9 Å². The predicted molar refractivity (Wildman–Crippen MR) is 252 cm³/mol. The number of unbranched alkanes of at least 4 members (excludes halogenated alkanes) is 26. The molecular formula is C53H94O6. The van der Waals surface area contributed by atoms with Gasteiger partial charge in [-0.25, -0.2) is 0 Å². The van der Waals surface area contributed by atoms with Gasteiger partial charge in [-0.3, -0.25) is 14.4 Å². The van der Waals surface area contributed by atoms with E-state index in [4.69, 9.17) is 14.2 Å². The summed E-state index contributed by atoms with van der Waals surface area (Å²) < 4.78 is 16.7. The second-order valence-corrected chi connectivity index (χ2v) is 16.7. The second kappa shape index (κ2) is 48.0. The van der Waals surface area contributed by atoms with E-state index in [1.807, 2.05) is 12.2 Å². The van der Waals surface area contributed by atoms with Crippen molar-refractivity contribution in [2.45, 2.75) is 258 Å². The molecule has 0 N–H and O–H groups in total. The first-order chi connectivity index (χ1) is 29.0. The maximum absolute atomic E-state index is 12.7. The topological polar surface area (TPSA) is 78.9 Å². The van der Waals surface area contributed by atoms with E-state index in [1.54, 1.807) is 0 Å². The van der Waals surface area contributed by atoms with Gasteiger partial charge in [0.25, 0.3) is 0 Å². The minimum Gasteiger partial charge on any atom is -0.462 e. The highest BCUT2D eigenvalue weighted by Gasteiger charge is 2.19. The molecule has 0 heterocycles. The molecule has 6 heteroatoms. The highest BCUT2D eigenvalue weighted by molar-refractivity contribution is 5.71. The molecule has 0 aromatic carbocycles. The molecule has 0 aromatic rings. The van der Waals surface area contributed by atoms with E-state index < -0.39 is 6.10 Å². The largest absolute Gasteiger partial charge is 0.462 e. The van der Waals surface area contributed by atoms with Crippen LogP contribution in [-0.2, 0) is 28.6 Å². The fourth-order valence-electron chi connectivity index (χ4n) is 7.10. The van der Waals surface area contributed by atoms with Gasteiger partial charge in [0.05, 0.1) is 0 Å². The molecular weight excluding hydrogens is 733 g/mol. The lowest BCUT2D eigenvalue weighted by molar-refractivity contribution is -0.166. The number of hydrogen-bond acceptors (Lipinski definition) is 6. The van der Waals surface area contributed by atoms with Crippen molar-refractivity contribution < 1.29 is 28.6 Å². The minimum atomic E-state index is -0.805. The van der Waals surface area contributed by atoms with Gasteiger partial charge in [0.2, 0.25) is 0 Å². The van der Waals surface area contributed by atoms with E-state index in [0.29, 0.717) is 19.3 Å². The molecule has 1 unspecified atom stereocenters. The summed E-state index contributed by atoms with van der Waals surface area (Å²) in [6, 6.07) is 0. The molecule has 59 heavy (non-hydrogen) atoms. The first-order valence-electron chi connectivity index (χ1n) is 25.1. The summed E-state index contributed by atoms with van der Waals surface area (Å²) in [4.78, 5) is 37.8. The Morgan fingerprint density at radius 1 is 0.356 bits per heavy atom. The van der Waals surface area contributed by atoms with Crippen molar-refractivity contribution in [2.24, 2.45) is 0 Å². The van der Waals surface area contributed by atoms with E-state index >= 15 is 0 Å². The summed E-state index contributed by atoms with van der Waals surface area (Å²) >= 11 is 0. The van der Waals surface area contributed by atoms with E-state index in [-0.39, 0.29) is 37.5 Å². The average Bonchev–Trinajstić information content (AvgIpc) is 3.23. The Kier molecular flexibility index (Phi) is 45.9. The molecule has 0 radical (unpaired) electrons. The van der Waals surface area contributed by atoms with E-state index in [1.165, 1.54) is 141 Å². The molecule has 0 rings (SSSR count). The zero-order valence-corrected chi connectivity index (χ0v) is 39.0. The van der Waals surface area contributed by atoms with Gasteiger partial charge in [0, 0.05) is 19.3 Å². The maximum Gasteiger partial charge on any atom is 0.306 e. The number of ether oxygens (including phenoxy) is 3. The van der Waals surface area contributed by atoms with Gasteiger partial charge in [0.1, 0.15) is 13.2 Å². The third kappa shape index (κ3) is 46.3. The highest BCUT2D eigenvalue weighted by atomic mass is 16.6. The maximum atomic E-state index is 12.7. The summed E-state index contributed by atoms with van der Waals surface area (Å²) in [6.45, 7) is 6.47. The standard InChI is InChI=1S/C53H94O6/c1-4-7-10-13-16-19-22-24-25-26-27-29-31-34-37-40-43-46-52(55)58-49-50(48-57-51(54)45-42-39-36-33-30-21-18-15-12-9-6-3)59-53(56)47-44-41-38-35-32-28-23-20-17-14-11-8-5-2/h8,11,17,20,28,32,38,41,50H,4-7,9-10,12-16,18-19,21-27,29-31,33-37,39-40,42-49H2,1-3H3/b11-8-,20-17-,32-28-,41-38-. The van der Waals surface area contributed by atoms with E-state index in [0.717, 1.165) is 64.2 Å². The monoisotopic (exact) mass is 827 g/mol. The molecule has 342 valence electrons. The van der Waals surface area contributed by atoms with Gasteiger partial charge in [0.15, 0.2) is 6.10 Å². The van der Waals surface area contributed by atoms with Crippen LogP contribution in [0.15, 0.2) is 48.6 Å². The van der Waals surface area contributed by atoms with Crippen LogP contribution >= 0.6 is 0 Å². The van der Waals surface area contributed by atoms with Crippen LogP contribution in [0.5, 0.6) is 0 Å². The van der Waals surface area contributed by atoms with E-state index in [2.05, 4.69) is 57.2 Å². The smallest absolute Gasteiger partial charge is 0.306 e. The molecule has 0 saturated carbocycles. The second-order valence-electron chi connectivity index (χ2n) is 16.7. The summed E-state index contributed by atoms with van der Waals surface area (Å²) in [5.74, 6) is -0.973. The Bertz CT molecular complexity index is 1040. The van der Waals surface area contributed by atoms with Crippen LogP contribution in [0.25, 0.3) is 0 Å². The minimum absolute atomic E-state index is 0.0980. The molecule has 0 saturated heterocycles. The van der Waals surface area contributed by atoms with Crippen LogP contribution in [0.1, 0.15) is 252 Å². The van der Waals surface area contributed by atoms with Gasteiger partial charge < -0.3 is 14.2 Å². The molecule has 0 aliphatic carbocycles. The molecule has 0 aliphatic rings. The molecule has 0 fully saturated rings. The Morgan fingerprint density at radius 2 is 0.661 bits per heavy atom. The summed E-state index contributed by atoms with van der Waals surface area (Å²) in [6.07, 6.45) is 56.8. The van der Waals surface area contributed by atoms with Crippen LogP contribution in [0.2, 0.25) is 0 Å². The van der Waals surface area contributed by atoms with Crippen molar-refractivity contribution in [3.05, 3.63) is 48.6 Å². The summed E-state index contributed by atoms with van der Waals surface area (Å²) in [5, 5.41) is 0. The molecule has 0 bridgehead atoms. The number of rotatable bonds is 45. The van der Waals surface area contributed by atoms with Crippen molar-refractivity contribution in [1.82, 2.24) is 0 Å². The Labute approximate surface area is 365 Å². The molecule has 0 amide bonds. The van der Waals surface area contributed by atoms with E-state index in [9.17, 15) is 14.4 Å². The third-order valence-electron chi connectivity index (χ3n) is 10.9. The Morgan fingerprint density at radius 3 is 1.00 bits per heavy atom. The fourth-order valence-corrected chi connectivity index (χ4v) is 7.10. The van der Waals surface area contributed by atoms with Crippen molar-refractivity contribution in [2.75, 3.05) is 13.2 Å². The van der Waals surface area contributed by atoms with Gasteiger partial charge in [-0.15, -0.1) is 0 Å². The SMILES string of the molecule is CC/C=C\C/C=C\C/C=C\C/C=C\CCC(=O)OC(COC(=O)CCCCCCCCCCCCC)COC(=O)CCCCCCCCCCCCCCCCCCC. The lowest BCUT2D eigenvalue weighted by atomic mass is 10.0. The lowest BCUT2D eigenvalue weighted by Gasteiger charge is -2.18. The normalized spacial score (nSPS) is 12.4. The van der Waals surface area contributed by atoms with Crippen LogP contribution in [0.4, 0.5) is 0 Å². The molecule has 0 aromatic heterocycles. The highest BCUT2D eigenvalue weighted by Crippen LogP contribution is 2.16. The summed E-state index contributed by atoms with van der Waals surface area (Å²) in [7, 11) is 0. The first kappa shape index (κ1) is 56.4. The molecule has 6 nitrogen and oxygen atoms in total. The van der Waals surface area contributed by atoms with Crippen molar-refractivity contribution in [1.29, 1.82) is 0 Å². The number of allylic oxidation sites excluding steroid dienone is 8. The third-order valence-corrected chi connectivity index (χ3v) is 10.9. The molecule has 0 aliphatic heterocycles. The number of esters is 3. The number of hydrogen-bond donors (Lipinski definition) is 0. The zero-order valence-electron chi connectivity index (χ0n) is 39.0. The van der Waals surface area contributed by atoms with Crippen LogP contribution < -0.4 is 0 Å². The fraction of sp³-hybridized carbons (Fsp3) is 0.792. The van der Waals surface area contributed by atoms with Crippen molar-refractivity contribution in [3.8, 4) is 0 Å². The average molecular weight is 827 g/mol.